The van der Waals surface area contributed by atoms with Crippen LogP contribution < -0.4 is 4.74 Å². The van der Waals surface area contributed by atoms with E-state index in [0.29, 0.717) is 5.75 Å². The first-order valence-corrected chi connectivity index (χ1v) is 4.89. The molecule has 82 valence electrons. The minimum atomic E-state index is -0.950. The quantitative estimate of drug-likeness (QED) is 0.830. The first-order valence-electron chi connectivity index (χ1n) is 4.89. The van der Waals surface area contributed by atoms with E-state index in [1.54, 1.807) is 6.07 Å². The zero-order chi connectivity index (χ0) is 11.6. The van der Waals surface area contributed by atoms with Crippen molar-refractivity contribution in [2.24, 2.45) is 0 Å². The van der Waals surface area contributed by atoms with Crippen molar-refractivity contribution < 1.29 is 14.6 Å². The Balaban J connectivity index is 3.47. The summed E-state index contributed by atoms with van der Waals surface area (Å²) in [5.41, 5.74) is 2.26. The van der Waals surface area contributed by atoms with Gasteiger partial charge < -0.3 is 9.84 Å². The van der Waals surface area contributed by atoms with Crippen LogP contribution in [-0.2, 0) is 0 Å². The van der Waals surface area contributed by atoms with Crippen molar-refractivity contribution in [1.82, 2.24) is 0 Å². The van der Waals surface area contributed by atoms with E-state index in [4.69, 9.17) is 9.84 Å². The summed E-state index contributed by atoms with van der Waals surface area (Å²) in [4.78, 5) is 11.0. The van der Waals surface area contributed by atoms with E-state index >= 15 is 0 Å². The Morgan fingerprint density at radius 3 is 2.40 bits per heavy atom. The van der Waals surface area contributed by atoms with Gasteiger partial charge in [0.15, 0.2) is 0 Å². The molecule has 0 aliphatic rings. The average Bonchev–Trinajstić information content (AvgIpc) is 2.15. The molecule has 3 nitrogen and oxygen atoms in total. The van der Waals surface area contributed by atoms with Crippen LogP contribution in [0.5, 0.6) is 5.75 Å². The smallest absolute Gasteiger partial charge is 0.339 e. The van der Waals surface area contributed by atoms with E-state index < -0.39 is 5.97 Å². The molecule has 0 spiro atoms. The third-order valence-corrected chi connectivity index (χ3v) is 2.43. The van der Waals surface area contributed by atoms with E-state index in [1.807, 2.05) is 26.8 Å². The summed E-state index contributed by atoms with van der Waals surface area (Å²) in [5.74, 6) is -0.217. The minimum absolute atomic E-state index is 0.229. The number of benzene rings is 1. The molecule has 1 aromatic rings. The Morgan fingerprint density at radius 2 is 2.00 bits per heavy atom. The van der Waals surface area contributed by atoms with E-state index in [2.05, 4.69) is 0 Å². The van der Waals surface area contributed by atoms with Crippen molar-refractivity contribution in [2.45, 2.75) is 26.7 Å². The van der Waals surface area contributed by atoms with Gasteiger partial charge in [0.25, 0.3) is 0 Å². The molecule has 0 saturated carbocycles. The Morgan fingerprint density at radius 1 is 1.40 bits per heavy atom. The Bertz CT molecular complexity index is 381. The summed E-state index contributed by atoms with van der Waals surface area (Å²) >= 11 is 0. The number of carbonyl (C=O) groups is 1. The molecule has 0 aliphatic carbocycles. The molecule has 0 radical (unpaired) electrons. The predicted octanol–water partition coefficient (Wildman–Crippen LogP) is 2.83. The van der Waals surface area contributed by atoms with Crippen molar-refractivity contribution in [3.05, 3.63) is 28.8 Å². The van der Waals surface area contributed by atoms with Gasteiger partial charge in [-0.1, -0.05) is 19.9 Å². The summed E-state index contributed by atoms with van der Waals surface area (Å²) in [5, 5.41) is 9.01. The summed E-state index contributed by atoms with van der Waals surface area (Å²) in [6.07, 6.45) is 0. The van der Waals surface area contributed by atoms with Crippen LogP contribution in [0.25, 0.3) is 0 Å². The molecule has 3 heteroatoms. The average molecular weight is 208 g/mol. The number of carboxylic acids is 1. The van der Waals surface area contributed by atoms with Gasteiger partial charge in [-0.2, -0.15) is 0 Å². The van der Waals surface area contributed by atoms with Gasteiger partial charge in [-0.15, -0.1) is 0 Å². The van der Waals surface area contributed by atoms with Crippen LogP contribution in [0.1, 0.15) is 41.3 Å². The maximum absolute atomic E-state index is 11.0. The standard InChI is InChI=1S/C12H16O3/c1-7(2)10-8(3)5-6-9(12(13)14)11(10)15-4/h5-7H,1-4H3,(H,13,14). The lowest BCUT2D eigenvalue weighted by atomic mass is 9.94. The fraction of sp³-hybridized carbons (Fsp3) is 0.417. The van der Waals surface area contributed by atoms with Gasteiger partial charge in [-0.3, -0.25) is 0 Å². The van der Waals surface area contributed by atoms with Crippen molar-refractivity contribution in [2.75, 3.05) is 7.11 Å². The van der Waals surface area contributed by atoms with Gasteiger partial charge in [-0.05, 0) is 24.5 Å². The van der Waals surface area contributed by atoms with Gasteiger partial charge in [0.05, 0.1) is 7.11 Å². The zero-order valence-corrected chi connectivity index (χ0v) is 9.50. The lowest BCUT2D eigenvalue weighted by molar-refractivity contribution is 0.0693. The van der Waals surface area contributed by atoms with E-state index in [-0.39, 0.29) is 11.5 Å². The highest BCUT2D eigenvalue weighted by Crippen LogP contribution is 2.32. The van der Waals surface area contributed by atoms with E-state index in [1.165, 1.54) is 7.11 Å². The second-order valence-corrected chi connectivity index (χ2v) is 3.84. The van der Waals surface area contributed by atoms with Gasteiger partial charge >= 0.3 is 5.97 Å². The first kappa shape index (κ1) is 11.6. The molecule has 0 heterocycles. The van der Waals surface area contributed by atoms with Crippen LogP contribution >= 0.6 is 0 Å². The summed E-state index contributed by atoms with van der Waals surface area (Å²) < 4.78 is 5.20. The number of aryl methyl sites for hydroxylation is 1. The van der Waals surface area contributed by atoms with Gasteiger partial charge in [0, 0.05) is 5.56 Å². The summed E-state index contributed by atoms with van der Waals surface area (Å²) in [6.45, 7) is 6.01. The summed E-state index contributed by atoms with van der Waals surface area (Å²) in [6, 6.07) is 3.41. The van der Waals surface area contributed by atoms with Gasteiger partial charge in [-0.25, -0.2) is 4.79 Å². The number of carboxylic acid groups (broad SMARTS) is 1. The fourth-order valence-electron chi connectivity index (χ4n) is 1.80. The molecule has 0 fully saturated rings. The molecule has 0 saturated heterocycles. The molecule has 1 rings (SSSR count). The molecule has 0 unspecified atom stereocenters. The zero-order valence-electron chi connectivity index (χ0n) is 9.50. The number of ether oxygens (including phenoxy) is 1. The molecule has 1 aromatic carbocycles. The monoisotopic (exact) mass is 208 g/mol. The second kappa shape index (κ2) is 4.34. The number of hydrogen-bond donors (Lipinski definition) is 1. The van der Waals surface area contributed by atoms with Crippen LogP contribution in [0, 0.1) is 6.92 Å². The molecular formula is C12H16O3. The Kier molecular flexibility index (Phi) is 3.35. The number of methoxy groups -OCH3 is 1. The maximum atomic E-state index is 11.0. The molecular weight excluding hydrogens is 192 g/mol. The normalized spacial score (nSPS) is 10.5. The van der Waals surface area contributed by atoms with Crippen LogP contribution in [0.4, 0.5) is 0 Å². The lowest BCUT2D eigenvalue weighted by Gasteiger charge is -2.16. The SMILES string of the molecule is COc1c(C(=O)O)ccc(C)c1C(C)C. The van der Waals surface area contributed by atoms with Crippen molar-refractivity contribution in [1.29, 1.82) is 0 Å². The summed E-state index contributed by atoms with van der Waals surface area (Å²) in [7, 11) is 1.51. The molecule has 1 N–H and O–H groups in total. The molecule has 15 heavy (non-hydrogen) atoms. The third-order valence-electron chi connectivity index (χ3n) is 2.43. The number of hydrogen-bond acceptors (Lipinski definition) is 2. The van der Waals surface area contributed by atoms with Crippen molar-refractivity contribution >= 4 is 5.97 Å². The van der Waals surface area contributed by atoms with Crippen molar-refractivity contribution in [3.8, 4) is 5.75 Å². The number of rotatable bonds is 3. The topological polar surface area (TPSA) is 46.5 Å². The largest absolute Gasteiger partial charge is 0.496 e. The Hall–Kier alpha value is -1.51. The lowest BCUT2D eigenvalue weighted by Crippen LogP contribution is -2.06. The fourth-order valence-corrected chi connectivity index (χ4v) is 1.80. The number of aromatic carboxylic acids is 1. The second-order valence-electron chi connectivity index (χ2n) is 3.84. The molecule has 0 amide bonds. The van der Waals surface area contributed by atoms with Crippen LogP contribution in [0.15, 0.2) is 12.1 Å². The molecule has 0 atom stereocenters. The van der Waals surface area contributed by atoms with Crippen LogP contribution in [0.2, 0.25) is 0 Å². The molecule has 0 bridgehead atoms. The van der Waals surface area contributed by atoms with Gasteiger partial charge in [0.1, 0.15) is 11.3 Å². The Labute approximate surface area is 89.7 Å². The van der Waals surface area contributed by atoms with Crippen LogP contribution in [0.3, 0.4) is 0 Å². The molecule has 0 aliphatic heterocycles. The highest BCUT2D eigenvalue weighted by atomic mass is 16.5. The highest BCUT2D eigenvalue weighted by Gasteiger charge is 2.18. The minimum Gasteiger partial charge on any atom is -0.496 e. The van der Waals surface area contributed by atoms with Gasteiger partial charge in [0.2, 0.25) is 0 Å². The first-order chi connectivity index (χ1) is 6.99. The predicted molar refractivity (Wildman–Crippen MR) is 58.8 cm³/mol. The maximum Gasteiger partial charge on any atom is 0.339 e. The van der Waals surface area contributed by atoms with Crippen LogP contribution in [-0.4, -0.2) is 18.2 Å². The third kappa shape index (κ3) is 2.12. The van der Waals surface area contributed by atoms with Crippen molar-refractivity contribution in [3.63, 3.8) is 0 Å². The molecule has 0 aromatic heterocycles. The highest BCUT2D eigenvalue weighted by molar-refractivity contribution is 5.91. The van der Waals surface area contributed by atoms with E-state index in [9.17, 15) is 4.79 Å². The van der Waals surface area contributed by atoms with E-state index in [0.717, 1.165) is 11.1 Å².